The summed E-state index contributed by atoms with van der Waals surface area (Å²) in [5.74, 6) is 0. The molecule has 0 unspecified atom stereocenters. The molecule has 0 saturated carbocycles. The zero-order chi connectivity index (χ0) is 5.11. The fraction of sp³-hybridized carbons (Fsp3) is 0.333. The van der Waals surface area contributed by atoms with Gasteiger partial charge in [-0.2, -0.15) is 0 Å². The first-order chi connectivity index (χ1) is 3.39. The van der Waals surface area contributed by atoms with Crippen LogP contribution in [0.15, 0.2) is 24.4 Å². The molecule has 1 aliphatic rings. The van der Waals surface area contributed by atoms with Crippen molar-refractivity contribution in [2.45, 2.75) is 0 Å². The summed E-state index contributed by atoms with van der Waals surface area (Å²) >= 11 is 0. The number of hydrogen-bond acceptors (Lipinski definition) is 1. The van der Waals surface area contributed by atoms with Crippen molar-refractivity contribution in [2.75, 3.05) is 13.6 Å². The Balaban J connectivity index is 0.000000490. The first-order valence-electron chi connectivity index (χ1n) is 2.43. The van der Waals surface area contributed by atoms with Crippen LogP contribution >= 0.6 is 0 Å². The second-order valence-corrected chi connectivity index (χ2v) is 1.71. The van der Waals surface area contributed by atoms with E-state index in [1.54, 1.807) is 0 Å². The summed E-state index contributed by atoms with van der Waals surface area (Å²) in [5.41, 5.74) is 0. The molecule has 0 spiro atoms. The third-order valence-electron chi connectivity index (χ3n) is 0.981. The van der Waals surface area contributed by atoms with E-state index in [9.17, 15) is 0 Å². The minimum Gasteiger partial charge on any atom is -0.377 e. The van der Waals surface area contributed by atoms with Crippen molar-refractivity contribution in [2.24, 2.45) is 0 Å². The Morgan fingerprint density at radius 1 is 1.38 bits per heavy atom. The van der Waals surface area contributed by atoms with E-state index in [4.69, 9.17) is 0 Å². The van der Waals surface area contributed by atoms with E-state index in [0.29, 0.717) is 0 Å². The quantitative estimate of drug-likeness (QED) is 0.478. The fourth-order valence-corrected chi connectivity index (χ4v) is 0.563. The molecule has 0 atom stereocenters. The van der Waals surface area contributed by atoms with Gasteiger partial charge in [0.2, 0.25) is 0 Å². The molecule has 1 aliphatic heterocycles. The molecule has 1 rings (SSSR count). The third-order valence-corrected chi connectivity index (χ3v) is 0.981. The Labute approximate surface area is 62.8 Å². The first-order valence-corrected chi connectivity index (χ1v) is 2.43. The maximum atomic E-state index is 2.12. The molecule has 0 N–H and O–H groups in total. The van der Waals surface area contributed by atoms with Crippen LogP contribution in [0.3, 0.4) is 0 Å². The molecule has 1 heterocycles. The topological polar surface area (TPSA) is 3.24 Å². The van der Waals surface area contributed by atoms with Crippen molar-refractivity contribution in [3.05, 3.63) is 24.4 Å². The predicted molar refractivity (Wildman–Crippen MR) is 30.9 cm³/mol. The van der Waals surface area contributed by atoms with Crippen LogP contribution in [-0.2, 0) is 19.5 Å². The molecule has 0 aromatic heterocycles. The molecular weight excluding hydrogens is 151 g/mol. The van der Waals surface area contributed by atoms with Crippen molar-refractivity contribution >= 4 is 0 Å². The van der Waals surface area contributed by atoms with Crippen LogP contribution in [-0.4, -0.2) is 18.5 Å². The van der Waals surface area contributed by atoms with E-state index in [-0.39, 0.29) is 19.5 Å². The summed E-state index contributed by atoms with van der Waals surface area (Å²) < 4.78 is 0. The molecule has 8 heavy (non-hydrogen) atoms. The third kappa shape index (κ3) is 2.27. The summed E-state index contributed by atoms with van der Waals surface area (Å²) in [6.45, 7) is 1.05. The summed E-state index contributed by atoms with van der Waals surface area (Å²) in [5, 5.41) is 0. The van der Waals surface area contributed by atoms with Crippen LogP contribution in [0.25, 0.3) is 0 Å². The zero-order valence-corrected chi connectivity index (χ0v) is 8.14. The van der Waals surface area contributed by atoms with Crippen LogP contribution in [0.4, 0.5) is 0 Å². The van der Waals surface area contributed by atoms with E-state index in [1.807, 2.05) is 6.08 Å². The van der Waals surface area contributed by atoms with Crippen LogP contribution < -0.4 is 0 Å². The van der Waals surface area contributed by atoms with Gasteiger partial charge in [-0.15, -0.1) is 0 Å². The Bertz CT molecular complexity index is 107. The van der Waals surface area contributed by atoms with Gasteiger partial charge in [-0.25, -0.2) is 0 Å². The molecule has 0 radical (unpaired) electrons. The maximum Gasteiger partial charge on any atom is 0.0353 e. The maximum absolute atomic E-state index is 2.12. The predicted octanol–water partition coefficient (Wildman–Crippen LogP) is 0.999. The fourth-order valence-electron chi connectivity index (χ4n) is 0.563. The Morgan fingerprint density at radius 2 is 2.12 bits per heavy atom. The molecule has 0 amide bonds. The number of nitrogens with zero attached hydrogens (tertiary/aromatic N) is 1. The monoisotopic (exact) mass is 159 g/mol. The zero-order valence-electron chi connectivity index (χ0n) is 5.17. The second-order valence-electron chi connectivity index (χ2n) is 1.71. The summed E-state index contributed by atoms with van der Waals surface area (Å²) in [4.78, 5) is 2.12. The Morgan fingerprint density at radius 3 is 2.38 bits per heavy atom. The molecule has 0 fully saturated rings. The average Bonchev–Trinajstić information content (AvgIpc) is 1.69. The first kappa shape index (κ1) is 7.90. The van der Waals surface area contributed by atoms with Gasteiger partial charge in [0.1, 0.15) is 0 Å². The summed E-state index contributed by atoms with van der Waals surface area (Å²) in [6, 6.07) is 0. The van der Waals surface area contributed by atoms with Crippen molar-refractivity contribution in [3.63, 3.8) is 0 Å². The van der Waals surface area contributed by atoms with Gasteiger partial charge in [-0.05, 0) is 12.3 Å². The molecule has 2 heteroatoms. The van der Waals surface area contributed by atoms with Crippen molar-refractivity contribution in [3.8, 4) is 0 Å². The van der Waals surface area contributed by atoms with Crippen LogP contribution in [0.1, 0.15) is 0 Å². The normalized spacial score (nSPS) is 15.9. The molecule has 1 nitrogen and oxygen atoms in total. The molecule has 0 aromatic carbocycles. The van der Waals surface area contributed by atoms with Gasteiger partial charge in [0.25, 0.3) is 0 Å². The number of rotatable bonds is 0. The second kappa shape index (κ2) is 3.85. The minimum atomic E-state index is 0. The molecule has 0 aromatic rings. The summed E-state index contributed by atoms with van der Waals surface area (Å²) in [6.07, 6.45) is 8.27. The average molecular weight is 161 g/mol. The molecular formula is C6H9NZn. The molecule has 40 valence electrons. The largest absolute Gasteiger partial charge is 0.377 e. The van der Waals surface area contributed by atoms with E-state index in [1.165, 1.54) is 0 Å². The van der Waals surface area contributed by atoms with E-state index in [2.05, 4.69) is 30.3 Å². The van der Waals surface area contributed by atoms with Gasteiger partial charge < -0.3 is 4.90 Å². The van der Waals surface area contributed by atoms with Crippen LogP contribution in [0.2, 0.25) is 0 Å². The van der Waals surface area contributed by atoms with E-state index >= 15 is 0 Å². The van der Waals surface area contributed by atoms with Crippen LogP contribution in [0.5, 0.6) is 0 Å². The van der Waals surface area contributed by atoms with E-state index < -0.39 is 0 Å². The van der Waals surface area contributed by atoms with Crippen molar-refractivity contribution in [1.29, 1.82) is 0 Å². The van der Waals surface area contributed by atoms with Crippen LogP contribution in [0, 0.1) is 0 Å². The van der Waals surface area contributed by atoms with Gasteiger partial charge in [0, 0.05) is 33.1 Å². The molecule has 0 aliphatic carbocycles. The number of allylic oxidation sites excluding steroid dienone is 2. The van der Waals surface area contributed by atoms with Gasteiger partial charge in [0.05, 0.1) is 0 Å². The van der Waals surface area contributed by atoms with Crippen molar-refractivity contribution < 1.29 is 19.5 Å². The smallest absolute Gasteiger partial charge is 0.0353 e. The van der Waals surface area contributed by atoms with Crippen molar-refractivity contribution in [1.82, 2.24) is 4.90 Å². The minimum absolute atomic E-state index is 0. The van der Waals surface area contributed by atoms with Gasteiger partial charge in [0.15, 0.2) is 0 Å². The number of likely N-dealkylation sites (N-methyl/N-ethyl adjacent to an activating group) is 1. The Kier molecular flexibility index (Phi) is 3.81. The molecule has 0 bridgehead atoms. The summed E-state index contributed by atoms with van der Waals surface area (Å²) in [7, 11) is 2.06. The SMILES string of the molecule is CN1C=CC=CC1.[Zn]. The van der Waals surface area contributed by atoms with Gasteiger partial charge in [-0.3, -0.25) is 0 Å². The Hall–Kier alpha value is -0.0966. The standard InChI is InChI=1S/C6H9N.Zn/c1-7-5-3-2-4-6-7;/h2-5H,6H2,1H3;. The molecule has 0 saturated heterocycles. The van der Waals surface area contributed by atoms with Gasteiger partial charge >= 0.3 is 0 Å². The van der Waals surface area contributed by atoms with Gasteiger partial charge in [-0.1, -0.05) is 12.2 Å². The number of hydrogen-bond donors (Lipinski definition) is 0. The van der Waals surface area contributed by atoms with E-state index in [0.717, 1.165) is 6.54 Å².